The smallest absolute Gasteiger partial charge is 0.262 e. The Kier molecular flexibility index (Phi) is 5.91. The van der Waals surface area contributed by atoms with Gasteiger partial charge in [-0.3, -0.25) is 9.59 Å². The van der Waals surface area contributed by atoms with Crippen molar-refractivity contribution in [3.8, 4) is 5.75 Å². The Morgan fingerprint density at radius 1 is 1.12 bits per heavy atom. The Labute approximate surface area is 165 Å². The normalized spacial score (nSPS) is 13.8. The second kappa shape index (κ2) is 8.16. The summed E-state index contributed by atoms with van der Waals surface area (Å²) < 4.78 is 5.39. The van der Waals surface area contributed by atoms with Crippen LogP contribution in [0.1, 0.15) is 12.8 Å². The molecule has 2 amide bonds. The molecule has 0 spiro atoms. The molecular weight excluding hydrogens is 399 g/mol. The van der Waals surface area contributed by atoms with Crippen LogP contribution in [0.3, 0.4) is 0 Å². The molecule has 2 aromatic carbocycles. The third-order valence-electron chi connectivity index (χ3n) is 3.85. The molecule has 3 rings (SSSR count). The number of hydrogen-bond acceptors (Lipinski definition) is 3. The Balaban J connectivity index is 1.60. The Hall–Kier alpha value is -1.95. The molecule has 0 bridgehead atoms. The lowest BCUT2D eigenvalue weighted by Crippen LogP contribution is -2.24. The van der Waals surface area contributed by atoms with Gasteiger partial charge in [0.05, 0.1) is 15.7 Å². The fourth-order valence-electron chi connectivity index (χ4n) is 2.64. The van der Waals surface area contributed by atoms with Crippen LogP contribution >= 0.6 is 34.8 Å². The molecular formula is C18H15Cl3N2O3. The lowest BCUT2D eigenvalue weighted by Gasteiger charge is -2.18. The fraction of sp³-hybridized carbons (Fsp3) is 0.222. The molecule has 136 valence electrons. The van der Waals surface area contributed by atoms with Crippen molar-refractivity contribution in [3.05, 3.63) is 51.5 Å². The van der Waals surface area contributed by atoms with E-state index in [1.165, 1.54) is 6.07 Å². The highest BCUT2D eigenvalue weighted by atomic mass is 35.5. The van der Waals surface area contributed by atoms with Crippen molar-refractivity contribution in [2.24, 2.45) is 0 Å². The van der Waals surface area contributed by atoms with Crippen molar-refractivity contribution in [1.82, 2.24) is 0 Å². The molecule has 0 aromatic heterocycles. The number of nitrogens with zero attached hydrogens (tertiary/aromatic N) is 1. The molecule has 1 N–H and O–H groups in total. The summed E-state index contributed by atoms with van der Waals surface area (Å²) in [5, 5.41) is 3.91. The van der Waals surface area contributed by atoms with Crippen molar-refractivity contribution in [1.29, 1.82) is 0 Å². The second-order valence-electron chi connectivity index (χ2n) is 5.73. The summed E-state index contributed by atoms with van der Waals surface area (Å²) >= 11 is 18.1. The third-order valence-corrected chi connectivity index (χ3v) is 4.68. The summed E-state index contributed by atoms with van der Waals surface area (Å²) in [5.41, 5.74) is 1.16. The predicted molar refractivity (Wildman–Crippen MR) is 104 cm³/mol. The van der Waals surface area contributed by atoms with Gasteiger partial charge in [0, 0.05) is 23.7 Å². The number of amides is 2. The van der Waals surface area contributed by atoms with Crippen LogP contribution in [0.25, 0.3) is 0 Å². The summed E-state index contributed by atoms with van der Waals surface area (Å²) in [6, 6.07) is 9.78. The maximum absolute atomic E-state index is 12.1. The first-order valence-corrected chi connectivity index (χ1v) is 9.05. The standard InChI is InChI=1S/C18H15Cl3N2O3/c19-11-3-6-16(14(21)8-11)26-10-17(24)22-12-4-5-15(13(20)9-12)23-7-1-2-18(23)25/h3-6,8-9H,1-2,7,10H2,(H,22,24). The quantitative estimate of drug-likeness (QED) is 0.766. The first-order chi connectivity index (χ1) is 12.4. The maximum atomic E-state index is 12.1. The average molecular weight is 414 g/mol. The van der Waals surface area contributed by atoms with Crippen LogP contribution in [0.4, 0.5) is 11.4 Å². The maximum Gasteiger partial charge on any atom is 0.262 e. The minimum absolute atomic E-state index is 0.0527. The van der Waals surface area contributed by atoms with E-state index in [1.807, 2.05) is 0 Å². The van der Waals surface area contributed by atoms with Crippen molar-refractivity contribution in [3.63, 3.8) is 0 Å². The Bertz CT molecular complexity index is 858. The minimum Gasteiger partial charge on any atom is -0.482 e. The summed E-state index contributed by atoms with van der Waals surface area (Å²) in [6.45, 7) is 0.436. The molecule has 1 aliphatic heterocycles. The van der Waals surface area contributed by atoms with E-state index in [0.29, 0.717) is 45.2 Å². The molecule has 1 aliphatic rings. The number of halogens is 3. The largest absolute Gasteiger partial charge is 0.482 e. The summed E-state index contributed by atoms with van der Waals surface area (Å²) in [4.78, 5) is 25.5. The molecule has 1 fully saturated rings. The van der Waals surface area contributed by atoms with Crippen molar-refractivity contribution in [2.45, 2.75) is 12.8 Å². The summed E-state index contributed by atoms with van der Waals surface area (Å²) in [5.74, 6) is 0.0566. The van der Waals surface area contributed by atoms with E-state index >= 15 is 0 Å². The van der Waals surface area contributed by atoms with Gasteiger partial charge < -0.3 is 15.0 Å². The van der Waals surface area contributed by atoms with E-state index in [-0.39, 0.29) is 18.4 Å². The Morgan fingerprint density at radius 2 is 1.92 bits per heavy atom. The monoisotopic (exact) mass is 412 g/mol. The Morgan fingerprint density at radius 3 is 2.58 bits per heavy atom. The molecule has 0 unspecified atom stereocenters. The van der Waals surface area contributed by atoms with Gasteiger partial charge in [-0.2, -0.15) is 0 Å². The van der Waals surface area contributed by atoms with Crippen molar-refractivity contribution in [2.75, 3.05) is 23.4 Å². The first-order valence-electron chi connectivity index (χ1n) is 7.91. The van der Waals surface area contributed by atoms with E-state index < -0.39 is 0 Å². The first kappa shape index (κ1) is 18.8. The summed E-state index contributed by atoms with van der Waals surface area (Å²) in [6.07, 6.45) is 1.34. The zero-order chi connectivity index (χ0) is 18.7. The minimum atomic E-state index is -0.364. The van der Waals surface area contributed by atoms with Gasteiger partial charge in [0.2, 0.25) is 5.91 Å². The molecule has 0 atom stereocenters. The average Bonchev–Trinajstić information content (AvgIpc) is 3.00. The van der Waals surface area contributed by atoms with Crippen LogP contribution in [-0.2, 0) is 9.59 Å². The van der Waals surface area contributed by atoms with Gasteiger partial charge >= 0.3 is 0 Å². The highest BCUT2D eigenvalue weighted by Crippen LogP contribution is 2.32. The topological polar surface area (TPSA) is 58.6 Å². The molecule has 8 heteroatoms. The van der Waals surface area contributed by atoms with Crippen LogP contribution in [0, 0.1) is 0 Å². The number of anilines is 2. The molecule has 2 aromatic rings. The SMILES string of the molecule is O=C(COc1ccc(Cl)cc1Cl)Nc1ccc(N2CCCC2=O)c(Cl)c1. The van der Waals surface area contributed by atoms with E-state index in [4.69, 9.17) is 39.5 Å². The highest BCUT2D eigenvalue weighted by molar-refractivity contribution is 6.35. The molecule has 0 radical (unpaired) electrons. The van der Waals surface area contributed by atoms with Gasteiger partial charge in [-0.25, -0.2) is 0 Å². The zero-order valence-corrected chi connectivity index (χ0v) is 15.9. The molecule has 0 saturated carbocycles. The number of nitrogens with one attached hydrogen (secondary N) is 1. The van der Waals surface area contributed by atoms with Crippen LogP contribution in [0.15, 0.2) is 36.4 Å². The molecule has 26 heavy (non-hydrogen) atoms. The van der Waals surface area contributed by atoms with Crippen LogP contribution < -0.4 is 15.0 Å². The number of rotatable bonds is 5. The van der Waals surface area contributed by atoms with Gasteiger partial charge in [0.1, 0.15) is 5.75 Å². The van der Waals surface area contributed by atoms with Crippen LogP contribution in [0.5, 0.6) is 5.75 Å². The van der Waals surface area contributed by atoms with E-state index in [1.54, 1.807) is 35.2 Å². The third kappa shape index (κ3) is 4.41. The molecule has 1 heterocycles. The van der Waals surface area contributed by atoms with E-state index in [9.17, 15) is 9.59 Å². The predicted octanol–water partition coefficient (Wildman–Crippen LogP) is 4.79. The van der Waals surface area contributed by atoms with Gasteiger partial charge in [0.25, 0.3) is 5.91 Å². The van der Waals surface area contributed by atoms with Gasteiger partial charge in [-0.15, -0.1) is 0 Å². The van der Waals surface area contributed by atoms with Crippen LogP contribution in [-0.4, -0.2) is 25.0 Å². The molecule has 5 nitrogen and oxygen atoms in total. The van der Waals surface area contributed by atoms with Gasteiger partial charge in [-0.1, -0.05) is 34.8 Å². The van der Waals surface area contributed by atoms with Gasteiger partial charge in [0.15, 0.2) is 6.61 Å². The number of carbonyl (C=O) groups is 2. The summed E-state index contributed by atoms with van der Waals surface area (Å²) in [7, 11) is 0. The van der Waals surface area contributed by atoms with Crippen molar-refractivity contribution >= 4 is 58.0 Å². The zero-order valence-electron chi connectivity index (χ0n) is 13.6. The van der Waals surface area contributed by atoms with E-state index in [2.05, 4.69) is 5.32 Å². The second-order valence-corrected chi connectivity index (χ2v) is 6.98. The lowest BCUT2D eigenvalue weighted by atomic mass is 10.2. The van der Waals surface area contributed by atoms with Crippen LogP contribution in [0.2, 0.25) is 15.1 Å². The number of hydrogen-bond donors (Lipinski definition) is 1. The van der Waals surface area contributed by atoms with E-state index in [0.717, 1.165) is 6.42 Å². The molecule has 1 saturated heterocycles. The lowest BCUT2D eigenvalue weighted by molar-refractivity contribution is -0.118. The number of ether oxygens (including phenoxy) is 1. The van der Waals surface area contributed by atoms with Crippen molar-refractivity contribution < 1.29 is 14.3 Å². The fourth-order valence-corrected chi connectivity index (χ4v) is 3.38. The highest BCUT2D eigenvalue weighted by Gasteiger charge is 2.23. The number of benzene rings is 2. The molecule has 0 aliphatic carbocycles. The van der Waals surface area contributed by atoms with Gasteiger partial charge in [-0.05, 0) is 42.8 Å². The number of carbonyl (C=O) groups excluding carboxylic acids is 2.